The Morgan fingerprint density at radius 1 is 0.923 bits per heavy atom. The van der Waals surface area contributed by atoms with E-state index in [-0.39, 0.29) is 5.91 Å². The zero-order valence-electron chi connectivity index (χ0n) is 15.1. The lowest BCUT2D eigenvalue weighted by molar-refractivity contribution is 0.102. The maximum atomic E-state index is 12.6. The Morgan fingerprint density at radius 3 is 2.08 bits per heavy atom. The summed E-state index contributed by atoms with van der Waals surface area (Å²) in [5.74, 6) is -0.191. The predicted octanol–water partition coefficient (Wildman–Crippen LogP) is 4.41. The summed E-state index contributed by atoms with van der Waals surface area (Å²) in [5, 5.41) is 2.90. The molecule has 0 unspecified atom stereocenters. The zero-order chi connectivity index (χ0) is 18.5. The van der Waals surface area contributed by atoms with Crippen LogP contribution in [0.15, 0.2) is 54.6 Å². The molecule has 26 heavy (non-hydrogen) atoms. The van der Waals surface area contributed by atoms with Crippen LogP contribution >= 0.6 is 0 Å². The van der Waals surface area contributed by atoms with Gasteiger partial charge in [-0.25, -0.2) is 0 Å². The van der Waals surface area contributed by atoms with Crippen LogP contribution in [-0.2, 0) is 0 Å². The van der Waals surface area contributed by atoms with Crippen LogP contribution in [0, 0.1) is 13.8 Å². The number of amides is 1. The second-order valence-corrected chi connectivity index (χ2v) is 5.88. The fourth-order valence-electron chi connectivity index (χ4n) is 2.69. The van der Waals surface area contributed by atoms with E-state index in [4.69, 9.17) is 4.74 Å². The minimum Gasteiger partial charge on any atom is -0.464 e. The summed E-state index contributed by atoms with van der Waals surface area (Å²) in [6.45, 7) is 6.03. The molecule has 0 aliphatic carbocycles. The summed E-state index contributed by atoms with van der Waals surface area (Å²) in [7, 11) is 0. The average molecular weight is 347 g/mol. The Labute approximate surface area is 153 Å². The lowest BCUT2D eigenvalue weighted by atomic mass is 10.0. The normalized spacial score (nSPS) is 10.4. The fourth-order valence-corrected chi connectivity index (χ4v) is 2.69. The predicted molar refractivity (Wildman–Crippen MR) is 103 cm³/mol. The molecule has 1 N–H and O–H groups in total. The van der Waals surface area contributed by atoms with Crippen molar-refractivity contribution in [2.75, 3.05) is 11.9 Å². The van der Waals surface area contributed by atoms with Crippen molar-refractivity contribution in [2.45, 2.75) is 20.8 Å². The second kappa shape index (κ2) is 7.78. The molecule has 0 atom stereocenters. The van der Waals surface area contributed by atoms with E-state index in [2.05, 4.69) is 15.3 Å². The van der Waals surface area contributed by atoms with E-state index in [1.807, 2.05) is 75.4 Å². The van der Waals surface area contributed by atoms with Gasteiger partial charge in [0, 0.05) is 5.56 Å². The van der Waals surface area contributed by atoms with Gasteiger partial charge in [0.25, 0.3) is 5.91 Å². The van der Waals surface area contributed by atoms with Gasteiger partial charge in [0.1, 0.15) is 0 Å². The number of carbonyl (C=O) groups is 1. The van der Waals surface area contributed by atoms with E-state index in [1.165, 1.54) is 0 Å². The number of aryl methyl sites for hydroxylation is 2. The first-order valence-electron chi connectivity index (χ1n) is 8.53. The van der Waals surface area contributed by atoms with Gasteiger partial charge in [0.05, 0.1) is 23.7 Å². The summed E-state index contributed by atoms with van der Waals surface area (Å²) in [6, 6.07) is 17.9. The van der Waals surface area contributed by atoms with E-state index in [9.17, 15) is 4.79 Å². The molecular weight excluding hydrogens is 326 g/mol. The van der Waals surface area contributed by atoms with E-state index < -0.39 is 0 Å². The Kier molecular flexibility index (Phi) is 5.27. The van der Waals surface area contributed by atoms with Gasteiger partial charge in [-0.2, -0.15) is 9.97 Å². The first-order valence-corrected chi connectivity index (χ1v) is 8.53. The number of carbonyl (C=O) groups excluding carboxylic acids is 1. The molecular formula is C21H21N3O2. The van der Waals surface area contributed by atoms with Crippen LogP contribution in [0.2, 0.25) is 0 Å². The third-order valence-corrected chi connectivity index (χ3v) is 4.02. The Balaban J connectivity index is 1.78. The van der Waals surface area contributed by atoms with Gasteiger partial charge in [-0.1, -0.05) is 42.5 Å². The van der Waals surface area contributed by atoms with Gasteiger partial charge in [0.2, 0.25) is 0 Å². The molecule has 1 heterocycles. The largest absolute Gasteiger partial charge is 0.464 e. The number of nitrogens with one attached hydrogen (secondary N) is 1. The lowest BCUT2D eigenvalue weighted by Gasteiger charge is -2.12. The summed E-state index contributed by atoms with van der Waals surface area (Å²) in [6.07, 6.45) is 0. The number of anilines is 1. The first-order chi connectivity index (χ1) is 12.6. The molecule has 0 bridgehead atoms. The molecule has 3 rings (SSSR count). The molecule has 0 saturated heterocycles. The Morgan fingerprint density at radius 2 is 1.50 bits per heavy atom. The summed E-state index contributed by atoms with van der Waals surface area (Å²) in [4.78, 5) is 21.1. The first kappa shape index (κ1) is 17.6. The van der Waals surface area contributed by atoms with Crippen molar-refractivity contribution in [2.24, 2.45) is 0 Å². The number of nitrogens with zero attached hydrogens (tertiary/aromatic N) is 2. The molecule has 0 spiro atoms. The van der Waals surface area contributed by atoms with Gasteiger partial charge in [-0.3, -0.25) is 4.79 Å². The number of hydrogen-bond acceptors (Lipinski definition) is 4. The molecule has 2 aromatic carbocycles. The molecule has 1 aromatic heterocycles. The highest BCUT2D eigenvalue weighted by molar-refractivity contribution is 6.05. The molecule has 1 amide bonds. The van der Waals surface area contributed by atoms with Crippen molar-refractivity contribution in [1.29, 1.82) is 0 Å². The Hall–Kier alpha value is -3.21. The summed E-state index contributed by atoms with van der Waals surface area (Å²) < 4.78 is 5.33. The van der Waals surface area contributed by atoms with Crippen LogP contribution in [0.1, 0.15) is 28.7 Å². The lowest BCUT2D eigenvalue weighted by Crippen LogP contribution is -2.15. The minimum atomic E-state index is -0.191. The van der Waals surface area contributed by atoms with Crippen molar-refractivity contribution >= 4 is 11.6 Å². The topological polar surface area (TPSA) is 64.1 Å². The molecule has 0 fully saturated rings. The van der Waals surface area contributed by atoms with E-state index in [0.29, 0.717) is 35.3 Å². The zero-order valence-corrected chi connectivity index (χ0v) is 15.1. The van der Waals surface area contributed by atoms with E-state index in [1.54, 1.807) is 0 Å². The van der Waals surface area contributed by atoms with Crippen molar-refractivity contribution in [3.8, 4) is 17.1 Å². The van der Waals surface area contributed by atoms with Gasteiger partial charge in [-0.05, 0) is 44.0 Å². The van der Waals surface area contributed by atoms with Gasteiger partial charge in [-0.15, -0.1) is 0 Å². The molecule has 0 aliphatic rings. The van der Waals surface area contributed by atoms with Gasteiger partial charge in [0.15, 0.2) is 0 Å². The quantitative estimate of drug-likeness (QED) is 0.742. The molecule has 0 radical (unpaired) electrons. The number of benzene rings is 2. The van der Waals surface area contributed by atoms with Gasteiger partial charge >= 0.3 is 6.01 Å². The standard InChI is InChI=1S/C21H21N3O2/c1-4-26-21-22-14(2)19(15(3)23-21)24-20(25)18-12-10-17(11-13-18)16-8-6-5-7-9-16/h5-13H,4H2,1-3H3,(H,24,25). The number of rotatable bonds is 5. The Bertz CT molecular complexity index is 883. The van der Waals surface area contributed by atoms with Crippen LogP contribution in [0.3, 0.4) is 0 Å². The molecule has 0 saturated carbocycles. The monoisotopic (exact) mass is 347 g/mol. The molecule has 5 nitrogen and oxygen atoms in total. The SMILES string of the molecule is CCOc1nc(C)c(NC(=O)c2ccc(-c3ccccc3)cc2)c(C)n1. The van der Waals surface area contributed by atoms with Crippen LogP contribution < -0.4 is 10.1 Å². The van der Waals surface area contributed by atoms with Crippen molar-refractivity contribution in [1.82, 2.24) is 9.97 Å². The molecule has 5 heteroatoms. The summed E-state index contributed by atoms with van der Waals surface area (Å²) >= 11 is 0. The number of ether oxygens (including phenoxy) is 1. The van der Waals surface area contributed by atoms with Crippen molar-refractivity contribution in [3.05, 3.63) is 71.5 Å². The van der Waals surface area contributed by atoms with E-state index in [0.717, 1.165) is 11.1 Å². The van der Waals surface area contributed by atoms with Crippen LogP contribution in [-0.4, -0.2) is 22.5 Å². The van der Waals surface area contributed by atoms with Gasteiger partial charge < -0.3 is 10.1 Å². The smallest absolute Gasteiger partial charge is 0.316 e. The third-order valence-electron chi connectivity index (χ3n) is 4.02. The highest BCUT2D eigenvalue weighted by Crippen LogP contribution is 2.22. The molecule has 132 valence electrons. The van der Waals surface area contributed by atoms with Crippen molar-refractivity contribution in [3.63, 3.8) is 0 Å². The highest BCUT2D eigenvalue weighted by Gasteiger charge is 2.13. The summed E-state index contributed by atoms with van der Waals surface area (Å²) in [5.41, 5.74) is 4.73. The van der Waals surface area contributed by atoms with Crippen LogP contribution in [0.4, 0.5) is 5.69 Å². The maximum absolute atomic E-state index is 12.6. The van der Waals surface area contributed by atoms with E-state index >= 15 is 0 Å². The van der Waals surface area contributed by atoms with Crippen LogP contribution in [0.25, 0.3) is 11.1 Å². The molecule has 0 aliphatic heterocycles. The minimum absolute atomic E-state index is 0.191. The highest BCUT2D eigenvalue weighted by atomic mass is 16.5. The molecule has 3 aromatic rings. The third kappa shape index (κ3) is 3.88. The average Bonchev–Trinajstić information content (AvgIpc) is 2.66. The van der Waals surface area contributed by atoms with Crippen molar-refractivity contribution < 1.29 is 9.53 Å². The second-order valence-electron chi connectivity index (χ2n) is 5.88. The van der Waals surface area contributed by atoms with Crippen LogP contribution in [0.5, 0.6) is 6.01 Å². The fraction of sp³-hybridized carbons (Fsp3) is 0.190. The number of aromatic nitrogens is 2. The number of hydrogen-bond donors (Lipinski definition) is 1. The maximum Gasteiger partial charge on any atom is 0.316 e.